The number of nitrogens with one attached hydrogen (secondary N) is 1. The van der Waals surface area contributed by atoms with Gasteiger partial charge in [0.25, 0.3) is 5.78 Å². The maximum Gasteiger partial charge on any atom is 0.375 e. The molecule has 0 radical (unpaired) electrons. The van der Waals surface area contributed by atoms with Gasteiger partial charge in [-0.15, -0.1) is 0 Å². The molecular formula is C6H9N2O2+. The number of ketones is 1. The minimum atomic E-state index is -0.325. The van der Waals surface area contributed by atoms with E-state index >= 15 is 0 Å². The number of nitrogens with zero attached hydrogens (tertiary/aromatic N) is 1. The lowest BCUT2D eigenvalue weighted by Crippen LogP contribution is -2.20. The van der Waals surface area contributed by atoms with Gasteiger partial charge < -0.3 is 4.74 Å². The third-order valence-electron chi connectivity index (χ3n) is 1.44. The fourth-order valence-electron chi connectivity index (χ4n) is 0.949. The van der Waals surface area contributed by atoms with Crippen LogP contribution in [0.5, 0.6) is 0 Å². The van der Waals surface area contributed by atoms with Gasteiger partial charge in [0.1, 0.15) is 6.10 Å². The predicted molar refractivity (Wildman–Crippen MR) is 33.0 cm³/mol. The summed E-state index contributed by atoms with van der Waals surface area (Å²) < 4.78 is 5.04. The standard InChI is InChI=1S/C6H9N2O2/c7-8-4-5(9)6-2-1-3-10-6/h4,6-7H,1-3H2/q+1/t6-/m0/s1. The van der Waals surface area contributed by atoms with E-state index in [1.807, 2.05) is 0 Å². The van der Waals surface area contributed by atoms with Crippen LogP contribution in [-0.2, 0) is 9.53 Å². The van der Waals surface area contributed by atoms with E-state index in [9.17, 15) is 4.79 Å². The van der Waals surface area contributed by atoms with Gasteiger partial charge in [0.15, 0.2) is 0 Å². The Labute approximate surface area is 58.4 Å². The topological polar surface area (TPSA) is 64.2 Å². The molecule has 1 atom stereocenters. The second-order valence-electron chi connectivity index (χ2n) is 2.16. The first kappa shape index (κ1) is 7.12. The molecule has 1 heterocycles. The molecule has 1 rings (SSSR count). The van der Waals surface area contributed by atoms with Gasteiger partial charge in [0.2, 0.25) is 0 Å². The zero-order chi connectivity index (χ0) is 7.40. The van der Waals surface area contributed by atoms with E-state index in [0.717, 1.165) is 19.1 Å². The molecule has 0 aromatic carbocycles. The molecule has 1 fully saturated rings. The Morgan fingerprint density at radius 1 is 1.80 bits per heavy atom. The van der Waals surface area contributed by atoms with Crippen LogP contribution in [0.1, 0.15) is 12.8 Å². The lowest BCUT2D eigenvalue weighted by atomic mass is 10.2. The summed E-state index contributed by atoms with van der Waals surface area (Å²) >= 11 is 0. The zero-order valence-electron chi connectivity index (χ0n) is 5.54. The molecule has 0 spiro atoms. The first-order valence-electron chi connectivity index (χ1n) is 3.20. The number of carbonyl (C=O) groups is 1. The van der Waals surface area contributed by atoms with Gasteiger partial charge in [0, 0.05) is 6.61 Å². The summed E-state index contributed by atoms with van der Waals surface area (Å²) in [6.07, 6.45) is 2.37. The van der Waals surface area contributed by atoms with Gasteiger partial charge in [-0.1, -0.05) is 0 Å². The summed E-state index contributed by atoms with van der Waals surface area (Å²) in [5.41, 5.74) is 6.39. The second kappa shape index (κ2) is 3.25. The molecule has 0 amide bonds. The Morgan fingerprint density at radius 3 is 3.10 bits per heavy atom. The smallest absolute Gasteiger partial charge is 0.370 e. The van der Waals surface area contributed by atoms with Gasteiger partial charge in [-0.2, -0.15) is 0 Å². The average molecular weight is 141 g/mol. The SMILES string of the molecule is N=[N+]=CC(=O)[C@@H]1CCCO1. The lowest BCUT2D eigenvalue weighted by molar-refractivity contribution is -0.136. The number of carbonyl (C=O) groups excluding carboxylic acids is 1. The summed E-state index contributed by atoms with van der Waals surface area (Å²) in [5, 5.41) is 0. The highest BCUT2D eigenvalue weighted by atomic mass is 16.5. The van der Waals surface area contributed by atoms with Crippen LogP contribution in [0.2, 0.25) is 0 Å². The van der Waals surface area contributed by atoms with Crippen LogP contribution in [0, 0.1) is 5.53 Å². The van der Waals surface area contributed by atoms with Crippen LogP contribution < -0.4 is 0 Å². The van der Waals surface area contributed by atoms with Crippen LogP contribution >= 0.6 is 0 Å². The minimum Gasteiger partial charge on any atom is -0.370 e. The highest BCUT2D eigenvalue weighted by Crippen LogP contribution is 2.11. The molecule has 1 aliphatic heterocycles. The van der Waals surface area contributed by atoms with Crippen molar-refractivity contribution in [3.63, 3.8) is 0 Å². The van der Waals surface area contributed by atoms with Gasteiger partial charge >= 0.3 is 6.21 Å². The summed E-state index contributed by atoms with van der Waals surface area (Å²) in [6, 6.07) is 0. The first-order chi connectivity index (χ1) is 4.84. The van der Waals surface area contributed by atoms with Crippen LogP contribution in [0.4, 0.5) is 0 Å². The molecule has 0 aromatic heterocycles. The molecule has 4 nitrogen and oxygen atoms in total. The lowest BCUT2D eigenvalue weighted by Gasteiger charge is -1.97. The molecular weight excluding hydrogens is 132 g/mol. The van der Waals surface area contributed by atoms with Crippen molar-refractivity contribution < 1.29 is 14.3 Å². The number of rotatable bonds is 2. The molecule has 0 bridgehead atoms. The van der Waals surface area contributed by atoms with Gasteiger partial charge in [-0.3, -0.25) is 4.79 Å². The van der Waals surface area contributed by atoms with Crippen molar-refractivity contribution in [1.29, 1.82) is 5.53 Å². The monoisotopic (exact) mass is 141 g/mol. The van der Waals surface area contributed by atoms with Crippen LogP contribution in [0.15, 0.2) is 0 Å². The predicted octanol–water partition coefficient (Wildman–Crippen LogP) is 0.0445. The van der Waals surface area contributed by atoms with Crippen LogP contribution in [-0.4, -0.2) is 29.5 Å². The largest absolute Gasteiger partial charge is 0.375 e. The molecule has 0 aromatic rings. The molecule has 1 N–H and O–H groups in total. The van der Waals surface area contributed by atoms with Gasteiger partial charge in [-0.05, 0) is 12.8 Å². The number of ether oxygens (including phenoxy) is 1. The van der Waals surface area contributed by atoms with Crippen molar-refractivity contribution in [2.45, 2.75) is 18.9 Å². The van der Waals surface area contributed by atoms with Crippen LogP contribution in [0.25, 0.3) is 0 Å². The second-order valence-corrected chi connectivity index (χ2v) is 2.16. The van der Waals surface area contributed by atoms with Crippen molar-refractivity contribution in [2.75, 3.05) is 6.61 Å². The highest BCUT2D eigenvalue weighted by Gasteiger charge is 2.24. The summed E-state index contributed by atoms with van der Waals surface area (Å²) in [7, 11) is 0. The summed E-state index contributed by atoms with van der Waals surface area (Å²) in [6.45, 7) is 0.655. The fraction of sp³-hybridized carbons (Fsp3) is 0.667. The maximum absolute atomic E-state index is 10.9. The van der Waals surface area contributed by atoms with Crippen LogP contribution in [0.3, 0.4) is 0 Å². The van der Waals surface area contributed by atoms with Crippen molar-refractivity contribution in [3.05, 3.63) is 0 Å². The highest BCUT2D eigenvalue weighted by molar-refractivity contribution is 6.27. The van der Waals surface area contributed by atoms with E-state index in [4.69, 9.17) is 10.3 Å². The average Bonchev–Trinajstić information content (AvgIpc) is 2.38. The minimum absolute atomic E-state index is 0.187. The summed E-state index contributed by atoms with van der Waals surface area (Å²) in [4.78, 5) is 13.7. The Balaban J connectivity index is 2.47. The van der Waals surface area contributed by atoms with Crippen molar-refractivity contribution >= 4 is 12.0 Å². The van der Waals surface area contributed by atoms with E-state index in [0.29, 0.717) is 6.61 Å². The van der Waals surface area contributed by atoms with E-state index in [1.54, 1.807) is 0 Å². The van der Waals surface area contributed by atoms with Crippen molar-refractivity contribution in [1.82, 2.24) is 0 Å². The molecule has 1 aliphatic rings. The molecule has 0 unspecified atom stereocenters. The first-order valence-corrected chi connectivity index (χ1v) is 3.20. The Kier molecular flexibility index (Phi) is 2.31. The molecule has 1 saturated heterocycles. The van der Waals surface area contributed by atoms with E-state index in [2.05, 4.69) is 4.79 Å². The van der Waals surface area contributed by atoms with Crippen molar-refractivity contribution in [3.8, 4) is 0 Å². The Hall–Kier alpha value is -0.990. The number of hydrogen-bond donors (Lipinski definition) is 1. The number of Topliss-reactive ketones (excluding diaryl/α,β-unsaturated/α-hetero) is 1. The summed E-state index contributed by atoms with van der Waals surface area (Å²) in [5.74, 6) is -0.187. The quantitative estimate of drug-likeness (QED) is 0.335. The number of hydrogen-bond acceptors (Lipinski definition) is 3. The van der Waals surface area contributed by atoms with Gasteiger partial charge in [0.05, 0.1) is 10.3 Å². The normalized spacial score (nSPS) is 23.8. The van der Waals surface area contributed by atoms with E-state index in [-0.39, 0.29) is 11.9 Å². The third-order valence-corrected chi connectivity index (χ3v) is 1.44. The van der Waals surface area contributed by atoms with Gasteiger partial charge in [-0.25, -0.2) is 0 Å². The Bertz CT molecular complexity index is 178. The molecule has 10 heavy (non-hydrogen) atoms. The van der Waals surface area contributed by atoms with Crippen molar-refractivity contribution in [2.24, 2.45) is 0 Å². The third kappa shape index (κ3) is 1.50. The molecule has 0 saturated carbocycles. The van der Waals surface area contributed by atoms with E-state index < -0.39 is 0 Å². The van der Waals surface area contributed by atoms with E-state index in [1.165, 1.54) is 0 Å². The fourth-order valence-corrected chi connectivity index (χ4v) is 0.949. The Morgan fingerprint density at radius 2 is 2.60 bits per heavy atom. The molecule has 4 heteroatoms. The maximum atomic E-state index is 10.9. The molecule has 54 valence electrons. The zero-order valence-corrected chi connectivity index (χ0v) is 5.54. The molecule has 0 aliphatic carbocycles.